The van der Waals surface area contributed by atoms with Gasteiger partial charge in [0.15, 0.2) is 5.82 Å². The lowest BCUT2D eigenvalue weighted by Crippen LogP contribution is -2.14. The Bertz CT molecular complexity index is 995. The molecule has 1 N–H and O–H groups in total. The minimum Gasteiger partial charge on any atom is -0.280 e. The highest BCUT2D eigenvalue weighted by Crippen LogP contribution is 2.23. The van der Waals surface area contributed by atoms with Crippen molar-refractivity contribution in [1.82, 2.24) is 20.2 Å². The summed E-state index contributed by atoms with van der Waals surface area (Å²) in [7, 11) is -1.94. The molecule has 1 heterocycles. The summed E-state index contributed by atoms with van der Waals surface area (Å²) in [5.74, 6) is 0.558. The van der Waals surface area contributed by atoms with Crippen LogP contribution in [0, 0.1) is 13.8 Å². The highest BCUT2D eigenvalue weighted by molar-refractivity contribution is 7.92. The van der Waals surface area contributed by atoms with E-state index < -0.39 is 10.0 Å². The molecule has 0 unspecified atom stereocenters. The summed E-state index contributed by atoms with van der Waals surface area (Å²) in [6.45, 7) is 3.71. The van der Waals surface area contributed by atoms with E-state index in [-0.39, 0.29) is 4.90 Å². The Hall–Kier alpha value is -2.74. The third-order valence-corrected chi connectivity index (χ3v) is 5.15. The predicted molar refractivity (Wildman–Crippen MR) is 91.0 cm³/mol. The van der Waals surface area contributed by atoms with Crippen molar-refractivity contribution in [2.45, 2.75) is 18.7 Å². The summed E-state index contributed by atoms with van der Waals surface area (Å²) >= 11 is 0. The lowest BCUT2D eigenvalue weighted by Gasteiger charge is -2.11. The number of nitrogens with one attached hydrogen (secondary N) is 1. The van der Waals surface area contributed by atoms with Crippen molar-refractivity contribution in [2.24, 2.45) is 7.05 Å². The summed E-state index contributed by atoms with van der Waals surface area (Å²) in [6, 6.07) is 12.2. The highest BCUT2D eigenvalue weighted by Gasteiger charge is 2.17. The Morgan fingerprint density at radius 1 is 1.08 bits per heavy atom. The maximum absolute atomic E-state index is 12.6. The van der Waals surface area contributed by atoms with E-state index in [1.807, 2.05) is 19.1 Å². The Balaban J connectivity index is 1.95. The quantitative estimate of drug-likeness (QED) is 0.785. The summed E-state index contributed by atoms with van der Waals surface area (Å²) in [5, 5.41) is 11.3. The first-order chi connectivity index (χ1) is 11.4. The van der Waals surface area contributed by atoms with Gasteiger partial charge in [0.2, 0.25) is 0 Å². The molecule has 24 heavy (non-hydrogen) atoms. The molecular weight excluding hydrogens is 326 g/mol. The van der Waals surface area contributed by atoms with Crippen molar-refractivity contribution in [3.63, 3.8) is 0 Å². The molecule has 7 nitrogen and oxygen atoms in total. The maximum Gasteiger partial charge on any atom is 0.262 e. The number of sulfonamides is 1. The molecule has 0 aliphatic carbocycles. The average Bonchev–Trinajstić information content (AvgIpc) is 2.92. The van der Waals surface area contributed by atoms with Crippen molar-refractivity contribution in [2.75, 3.05) is 4.72 Å². The number of aromatic nitrogens is 4. The van der Waals surface area contributed by atoms with Crippen LogP contribution < -0.4 is 4.72 Å². The fourth-order valence-corrected chi connectivity index (χ4v) is 3.78. The van der Waals surface area contributed by atoms with E-state index in [0.717, 1.165) is 11.1 Å². The number of tetrazole rings is 1. The Labute approximate surface area is 140 Å². The monoisotopic (exact) mass is 343 g/mol. The number of hydrogen-bond donors (Lipinski definition) is 1. The van der Waals surface area contributed by atoms with Crippen LogP contribution in [-0.4, -0.2) is 28.6 Å². The molecule has 3 rings (SSSR count). The van der Waals surface area contributed by atoms with Crippen LogP contribution in [-0.2, 0) is 17.1 Å². The van der Waals surface area contributed by atoms with E-state index in [1.165, 1.54) is 4.68 Å². The molecule has 0 saturated carbocycles. The van der Waals surface area contributed by atoms with Gasteiger partial charge in [0.25, 0.3) is 10.0 Å². The van der Waals surface area contributed by atoms with Crippen molar-refractivity contribution < 1.29 is 8.42 Å². The molecule has 2 aromatic carbocycles. The minimum atomic E-state index is -3.66. The van der Waals surface area contributed by atoms with Gasteiger partial charge in [0.1, 0.15) is 0 Å². The molecule has 0 bridgehead atoms. The van der Waals surface area contributed by atoms with Gasteiger partial charge in [-0.05, 0) is 48.0 Å². The van der Waals surface area contributed by atoms with E-state index in [1.54, 1.807) is 44.3 Å². The van der Waals surface area contributed by atoms with Crippen LogP contribution in [0.4, 0.5) is 5.69 Å². The normalized spacial score (nSPS) is 11.5. The number of rotatable bonds is 4. The first-order valence-corrected chi connectivity index (χ1v) is 8.78. The van der Waals surface area contributed by atoms with Crippen molar-refractivity contribution in [1.29, 1.82) is 0 Å². The second-order valence-electron chi connectivity index (χ2n) is 5.58. The molecule has 0 aliphatic rings. The number of anilines is 1. The van der Waals surface area contributed by atoms with Gasteiger partial charge in [-0.25, -0.2) is 13.1 Å². The second kappa shape index (κ2) is 6.04. The molecule has 8 heteroatoms. The third kappa shape index (κ3) is 3.13. The summed E-state index contributed by atoms with van der Waals surface area (Å²) in [5.41, 5.74) is 2.90. The summed E-state index contributed by atoms with van der Waals surface area (Å²) in [4.78, 5) is 0.263. The minimum absolute atomic E-state index is 0.263. The molecule has 3 aromatic rings. The third-order valence-electron chi connectivity index (χ3n) is 3.61. The van der Waals surface area contributed by atoms with Gasteiger partial charge in [0, 0.05) is 18.3 Å². The molecule has 1 aromatic heterocycles. The zero-order valence-electron chi connectivity index (χ0n) is 13.6. The average molecular weight is 343 g/mol. The van der Waals surface area contributed by atoms with Gasteiger partial charge in [-0.3, -0.25) is 4.72 Å². The van der Waals surface area contributed by atoms with Gasteiger partial charge < -0.3 is 0 Å². The van der Waals surface area contributed by atoms with Gasteiger partial charge in [-0.15, -0.1) is 5.10 Å². The van der Waals surface area contributed by atoms with Crippen molar-refractivity contribution in [3.8, 4) is 11.4 Å². The Morgan fingerprint density at radius 3 is 2.54 bits per heavy atom. The highest BCUT2D eigenvalue weighted by atomic mass is 32.2. The molecular formula is C16H17N5O2S. The molecule has 0 radical (unpaired) electrons. The smallest absolute Gasteiger partial charge is 0.262 e. The number of hydrogen-bond acceptors (Lipinski definition) is 5. The van der Waals surface area contributed by atoms with Crippen LogP contribution in [0.25, 0.3) is 11.4 Å². The van der Waals surface area contributed by atoms with Gasteiger partial charge >= 0.3 is 0 Å². The SMILES string of the molecule is Cc1ccc(S(=O)(=O)Nc2cccc(-c3nnnn3C)c2)c(C)c1. The first-order valence-electron chi connectivity index (χ1n) is 7.30. The lowest BCUT2D eigenvalue weighted by atomic mass is 10.2. The molecule has 0 spiro atoms. The Kier molecular flexibility index (Phi) is 4.06. The molecule has 124 valence electrons. The summed E-state index contributed by atoms with van der Waals surface area (Å²) in [6.07, 6.45) is 0. The molecule has 0 fully saturated rings. The lowest BCUT2D eigenvalue weighted by molar-refractivity contribution is 0.600. The zero-order chi connectivity index (χ0) is 17.3. The zero-order valence-corrected chi connectivity index (χ0v) is 14.4. The van der Waals surface area contributed by atoms with E-state index >= 15 is 0 Å². The fourth-order valence-electron chi connectivity index (χ4n) is 2.51. The molecule has 0 saturated heterocycles. The van der Waals surface area contributed by atoms with Crippen molar-refractivity contribution in [3.05, 3.63) is 53.6 Å². The molecule has 0 amide bonds. The van der Waals surface area contributed by atoms with Gasteiger partial charge in [0.05, 0.1) is 4.90 Å². The summed E-state index contributed by atoms with van der Waals surface area (Å²) < 4.78 is 29.4. The standard InChI is InChI=1S/C16H17N5O2S/c1-11-7-8-15(12(2)9-11)24(22,23)18-14-6-4-5-13(10-14)16-17-19-20-21(16)3/h4-10,18H,1-3H3. The van der Waals surface area contributed by atoms with Crippen LogP contribution in [0.3, 0.4) is 0 Å². The second-order valence-corrected chi connectivity index (χ2v) is 7.23. The van der Waals surface area contributed by atoms with E-state index in [4.69, 9.17) is 0 Å². The van der Waals surface area contributed by atoms with E-state index in [9.17, 15) is 8.42 Å². The number of nitrogens with zero attached hydrogens (tertiary/aromatic N) is 4. The fraction of sp³-hybridized carbons (Fsp3) is 0.188. The van der Waals surface area contributed by atoms with Crippen LogP contribution >= 0.6 is 0 Å². The van der Waals surface area contributed by atoms with Gasteiger partial charge in [-0.2, -0.15) is 0 Å². The van der Waals surface area contributed by atoms with Gasteiger partial charge in [-0.1, -0.05) is 29.8 Å². The van der Waals surface area contributed by atoms with E-state index in [2.05, 4.69) is 20.2 Å². The maximum atomic E-state index is 12.6. The predicted octanol–water partition coefficient (Wildman–Crippen LogP) is 2.29. The largest absolute Gasteiger partial charge is 0.280 e. The molecule has 0 aliphatic heterocycles. The topological polar surface area (TPSA) is 89.8 Å². The van der Waals surface area contributed by atoms with E-state index in [0.29, 0.717) is 17.1 Å². The molecule has 0 atom stereocenters. The van der Waals surface area contributed by atoms with Crippen LogP contribution in [0.5, 0.6) is 0 Å². The Morgan fingerprint density at radius 2 is 1.88 bits per heavy atom. The van der Waals surface area contributed by atoms with Crippen LogP contribution in [0.1, 0.15) is 11.1 Å². The first kappa shape index (κ1) is 16.1. The number of aryl methyl sites for hydroxylation is 3. The van der Waals surface area contributed by atoms with Crippen LogP contribution in [0.2, 0.25) is 0 Å². The van der Waals surface area contributed by atoms with Crippen molar-refractivity contribution >= 4 is 15.7 Å². The van der Waals surface area contributed by atoms with Crippen LogP contribution in [0.15, 0.2) is 47.4 Å². The number of benzene rings is 2.